The molecule has 0 fully saturated rings. The maximum Gasteiger partial charge on any atom is 0.277 e. The van der Waals surface area contributed by atoms with Crippen LogP contribution in [0.5, 0.6) is 5.75 Å². The summed E-state index contributed by atoms with van der Waals surface area (Å²) in [4.78, 5) is 20.8. The van der Waals surface area contributed by atoms with Crippen LogP contribution in [0.25, 0.3) is 11.3 Å². The zero-order valence-electron chi connectivity index (χ0n) is 15.6. The van der Waals surface area contributed by atoms with Gasteiger partial charge in [0.1, 0.15) is 17.9 Å². The monoisotopic (exact) mass is 414 g/mol. The lowest BCUT2D eigenvalue weighted by Gasteiger charge is -2.14. The Balaban J connectivity index is 1.74. The predicted molar refractivity (Wildman–Crippen MR) is 108 cm³/mol. The van der Waals surface area contributed by atoms with E-state index in [1.807, 2.05) is 24.3 Å². The summed E-state index contributed by atoms with van der Waals surface area (Å²) in [5.41, 5.74) is 2.31. The van der Waals surface area contributed by atoms with E-state index in [0.29, 0.717) is 28.5 Å². The van der Waals surface area contributed by atoms with Crippen LogP contribution in [0.4, 0.5) is 11.5 Å². The Morgan fingerprint density at radius 2 is 1.83 bits per heavy atom. The second-order valence-electron chi connectivity index (χ2n) is 5.82. The van der Waals surface area contributed by atoms with Crippen molar-refractivity contribution in [3.63, 3.8) is 0 Å². The van der Waals surface area contributed by atoms with E-state index in [1.54, 1.807) is 37.4 Å². The van der Waals surface area contributed by atoms with Gasteiger partial charge in [0.2, 0.25) is 0 Å². The van der Waals surface area contributed by atoms with E-state index in [-0.39, 0.29) is 5.91 Å². The van der Waals surface area contributed by atoms with Crippen LogP contribution in [0.3, 0.4) is 0 Å². The Hall–Kier alpha value is -3.50. The number of hydrogen-bond acceptors (Lipinski definition) is 8. The fourth-order valence-corrected chi connectivity index (χ4v) is 2.82. The molecule has 0 aliphatic carbocycles. The van der Waals surface area contributed by atoms with Crippen molar-refractivity contribution < 1.29 is 22.2 Å². The number of aromatic nitrogens is 2. The van der Waals surface area contributed by atoms with Crippen molar-refractivity contribution in [1.29, 1.82) is 0 Å². The molecule has 10 heteroatoms. The Labute approximate surface area is 169 Å². The number of methoxy groups -OCH3 is 1. The lowest BCUT2D eigenvalue weighted by Crippen LogP contribution is -2.17. The van der Waals surface area contributed by atoms with Gasteiger partial charge in [0.15, 0.2) is 0 Å². The molecule has 0 unspecified atom stereocenters. The fraction of sp³-hybridized carbons (Fsp3) is 0.105. The zero-order valence-corrected chi connectivity index (χ0v) is 16.5. The first-order chi connectivity index (χ1) is 14.0. The van der Waals surface area contributed by atoms with E-state index in [9.17, 15) is 13.2 Å². The van der Waals surface area contributed by atoms with E-state index in [0.717, 1.165) is 10.6 Å². The number of thiol groups is 1. The lowest BCUT2D eigenvalue weighted by molar-refractivity contribution is 0.102. The molecule has 29 heavy (non-hydrogen) atoms. The van der Waals surface area contributed by atoms with Gasteiger partial charge < -0.3 is 10.1 Å². The second kappa shape index (κ2) is 9.13. The SMILES string of the molecule is COc1cccc(-c2cc(NC(=O)c3ccc(N(C)O[SH](=O)=O)cc3)ncn2)c1. The first-order valence-corrected chi connectivity index (χ1v) is 9.50. The molecule has 0 aliphatic heterocycles. The number of nitrogens with one attached hydrogen (secondary N) is 1. The molecule has 2 aromatic carbocycles. The van der Waals surface area contributed by atoms with E-state index in [1.165, 1.54) is 13.4 Å². The third-order valence-corrected chi connectivity index (χ3v) is 4.33. The number of carbonyl (C=O) groups is 1. The van der Waals surface area contributed by atoms with Gasteiger partial charge in [-0.05, 0) is 36.4 Å². The van der Waals surface area contributed by atoms with E-state index < -0.39 is 11.0 Å². The van der Waals surface area contributed by atoms with Crippen molar-refractivity contribution in [2.75, 3.05) is 24.5 Å². The van der Waals surface area contributed by atoms with Crippen LogP contribution < -0.4 is 15.1 Å². The molecule has 0 atom stereocenters. The quantitative estimate of drug-likeness (QED) is 0.448. The molecule has 1 aromatic heterocycles. The Morgan fingerprint density at radius 3 is 2.52 bits per heavy atom. The molecule has 150 valence electrons. The van der Waals surface area contributed by atoms with Gasteiger partial charge in [0.25, 0.3) is 16.9 Å². The first kappa shape index (κ1) is 20.2. The van der Waals surface area contributed by atoms with E-state index >= 15 is 0 Å². The second-order valence-corrected chi connectivity index (χ2v) is 6.43. The molecule has 0 saturated carbocycles. The smallest absolute Gasteiger partial charge is 0.277 e. The number of amides is 1. The molecule has 1 N–H and O–H groups in total. The minimum Gasteiger partial charge on any atom is -0.497 e. The van der Waals surface area contributed by atoms with Crippen LogP contribution in [0, 0.1) is 0 Å². The Morgan fingerprint density at radius 1 is 1.07 bits per heavy atom. The summed E-state index contributed by atoms with van der Waals surface area (Å²) in [6.45, 7) is 0. The van der Waals surface area contributed by atoms with Crippen molar-refractivity contribution in [1.82, 2.24) is 9.97 Å². The van der Waals surface area contributed by atoms with Crippen LogP contribution >= 0.6 is 0 Å². The number of ether oxygens (including phenoxy) is 1. The number of anilines is 2. The molecule has 1 heterocycles. The molecule has 0 bridgehead atoms. The summed E-state index contributed by atoms with van der Waals surface area (Å²) in [5, 5.41) is 3.80. The van der Waals surface area contributed by atoms with Gasteiger partial charge >= 0.3 is 0 Å². The van der Waals surface area contributed by atoms with Crippen molar-refractivity contribution in [2.24, 2.45) is 0 Å². The van der Waals surface area contributed by atoms with Crippen LogP contribution in [-0.4, -0.2) is 38.5 Å². The number of nitrogens with zero attached hydrogens (tertiary/aromatic N) is 3. The van der Waals surface area contributed by atoms with Gasteiger partial charge in [-0.25, -0.2) is 23.4 Å². The van der Waals surface area contributed by atoms with Crippen molar-refractivity contribution in [3.05, 3.63) is 66.5 Å². The summed E-state index contributed by atoms with van der Waals surface area (Å²) in [6.07, 6.45) is 1.36. The average molecular weight is 414 g/mol. The summed E-state index contributed by atoms with van der Waals surface area (Å²) in [6, 6.07) is 15.3. The number of hydrogen-bond donors (Lipinski definition) is 2. The van der Waals surface area contributed by atoms with Crippen LogP contribution in [0.2, 0.25) is 0 Å². The maximum atomic E-state index is 12.5. The number of rotatable bonds is 7. The number of carbonyl (C=O) groups excluding carboxylic acids is 1. The standard InChI is InChI=1S/C19H18N4O5S/c1-23(28-29(25)26)15-8-6-13(7-9-15)19(24)22-18-11-17(20-12-21-18)14-4-3-5-16(10-14)27-2/h3-12,29H,1-2H3,(H,20,21,22,24). The summed E-state index contributed by atoms with van der Waals surface area (Å²) < 4.78 is 31.0. The van der Waals surface area contributed by atoms with Crippen molar-refractivity contribution >= 4 is 28.4 Å². The minimum absolute atomic E-state index is 0.343. The molecule has 0 saturated heterocycles. The topological polar surface area (TPSA) is 111 Å². The highest BCUT2D eigenvalue weighted by Gasteiger charge is 2.10. The highest BCUT2D eigenvalue weighted by molar-refractivity contribution is 7.67. The van der Waals surface area contributed by atoms with Gasteiger partial charge in [0.05, 0.1) is 18.5 Å². The maximum absolute atomic E-state index is 12.5. The molecule has 0 aliphatic rings. The van der Waals surface area contributed by atoms with E-state index in [2.05, 4.69) is 19.6 Å². The van der Waals surface area contributed by atoms with Crippen molar-refractivity contribution in [3.8, 4) is 17.0 Å². The molecule has 0 radical (unpaired) electrons. The van der Waals surface area contributed by atoms with Crippen LogP contribution in [0.1, 0.15) is 10.4 Å². The van der Waals surface area contributed by atoms with Crippen molar-refractivity contribution in [2.45, 2.75) is 0 Å². The van der Waals surface area contributed by atoms with Gasteiger partial charge in [0, 0.05) is 24.2 Å². The average Bonchev–Trinajstić information content (AvgIpc) is 2.73. The first-order valence-electron chi connectivity index (χ1n) is 8.40. The summed E-state index contributed by atoms with van der Waals surface area (Å²) in [7, 11) is 0.0113. The zero-order chi connectivity index (χ0) is 20.8. The molecule has 1 amide bonds. The Bertz CT molecular complexity index is 1080. The number of hydroxylamine groups is 1. The molecule has 3 aromatic rings. The number of benzene rings is 2. The third kappa shape index (κ3) is 5.27. The van der Waals surface area contributed by atoms with Gasteiger partial charge in [-0.1, -0.05) is 12.1 Å². The molecular weight excluding hydrogens is 396 g/mol. The molecule has 0 spiro atoms. The minimum atomic E-state index is -3.02. The third-order valence-electron chi connectivity index (χ3n) is 3.96. The summed E-state index contributed by atoms with van der Waals surface area (Å²) >= 11 is 0. The molecule has 9 nitrogen and oxygen atoms in total. The fourth-order valence-electron chi connectivity index (χ4n) is 2.52. The Kier molecular flexibility index (Phi) is 6.37. The van der Waals surface area contributed by atoms with Crippen LogP contribution in [0.15, 0.2) is 60.9 Å². The van der Waals surface area contributed by atoms with Gasteiger partial charge in [-0.15, -0.1) is 0 Å². The van der Waals surface area contributed by atoms with E-state index in [4.69, 9.17) is 4.74 Å². The molecular formula is C19H18N4O5S. The highest BCUT2D eigenvalue weighted by atomic mass is 32.2. The van der Waals surface area contributed by atoms with Gasteiger partial charge in [-0.3, -0.25) is 4.79 Å². The lowest BCUT2D eigenvalue weighted by atomic mass is 10.1. The van der Waals surface area contributed by atoms with Crippen LogP contribution in [-0.2, 0) is 15.3 Å². The van der Waals surface area contributed by atoms with Gasteiger partial charge in [-0.2, -0.15) is 4.28 Å². The molecule has 3 rings (SSSR count). The largest absolute Gasteiger partial charge is 0.497 e. The predicted octanol–water partition coefficient (Wildman–Crippen LogP) is 2.30. The summed E-state index contributed by atoms with van der Waals surface area (Å²) in [5.74, 6) is 0.670. The normalized spacial score (nSPS) is 10.6. The highest BCUT2D eigenvalue weighted by Crippen LogP contribution is 2.23.